The van der Waals surface area contributed by atoms with Crippen molar-refractivity contribution in [1.82, 2.24) is 0 Å². The maximum Gasteiger partial charge on any atom is 0.193 e. The van der Waals surface area contributed by atoms with Crippen LogP contribution in [0.25, 0.3) is 0 Å². The van der Waals surface area contributed by atoms with Gasteiger partial charge in [-0.25, -0.2) is 0 Å². The summed E-state index contributed by atoms with van der Waals surface area (Å²) in [5.41, 5.74) is 3.58. The van der Waals surface area contributed by atoms with Crippen LogP contribution in [-0.4, -0.2) is 5.78 Å². The quantitative estimate of drug-likeness (QED) is 0.189. The Kier molecular flexibility index (Phi) is 6.79. The van der Waals surface area contributed by atoms with Crippen LogP contribution in [0, 0.1) is 22.7 Å². The molecule has 208 valence electrons. The molecule has 0 atom stereocenters. The second kappa shape index (κ2) is 11.1. The van der Waals surface area contributed by atoms with Gasteiger partial charge in [0.25, 0.3) is 0 Å². The van der Waals surface area contributed by atoms with Crippen molar-refractivity contribution in [3.05, 3.63) is 174 Å². The maximum absolute atomic E-state index is 13.4. The molecule has 0 spiro atoms. The number of hydrogen-bond acceptors (Lipinski definition) is 4. The van der Waals surface area contributed by atoms with Gasteiger partial charge in [-0.1, -0.05) is 91.0 Å². The number of carbonyl (C=O) groups is 1. The molecule has 0 N–H and O–H groups in total. The van der Waals surface area contributed by atoms with Gasteiger partial charge in [-0.05, 0) is 60.7 Å². The van der Waals surface area contributed by atoms with E-state index in [0.717, 1.165) is 21.2 Å². The average molecular weight is 584 g/mol. The van der Waals surface area contributed by atoms with Gasteiger partial charge in [-0.15, -0.1) is 10.0 Å². The van der Waals surface area contributed by atoms with Gasteiger partial charge in [0.15, 0.2) is 5.78 Å². The monoisotopic (exact) mass is 583 g/mol. The second-order valence-corrected chi connectivity index (χ2v) is 13.4. The Morgan fingerprint density at radius 2 is 0.932 bits per heavy atom. The van der Waals surface area contributed by atoms with Crippen LogP contribution >= 0.6 is 10.0 Å². The SMILES string of the molecule is N#Cc1cc(C(=O)c2ccccc2)cc(C#N)c1N1c2ccccc2S(c2ccccc2)(c2ccccc2)c2ccccc21. The third-order valence-corrected chi connectivity index (χ3v) is 11.9. The van der Waals surface area contributed by atoms with Gasteiger partial charge in [0.1, 0.15) is 12.1 Å². The summed E-state index contributed by atoms with van der Waals surface area (Å²) >= 11 is 0. The van der Waals surface area contributed by atoms with Crippen LogP contribution in [0.5, 0.6) is 0 Å². The van der Waals surface area contributed by atoms with Gasteiger partial charge in [0.2, 0.25) is 0 Å². The minimum atomic E-state index is -1.97. The molecule has 0 saturated heterocycles. The number of carbonyl (C=O) groups excluding carboxylic acids is 1. The minimum absolute atomic E-state index is 0.235. The van der Waals surface area contributed by atoms with Crippen molar-refractivity contribution in [2.24, 2.45) is 0 Å². The Hall–Kier alpha value is -5.88. The van der Waals surface area contributed by atoms with Gasteiger partial charge in [0.05, 0.1) is 28.2 Å². The summed E-state index contributed by atoms with van der Waals surface area (Å²) in [5, 5.41) is 21.0. The van der Waals surface area contributed by atoms with Crippen molar-refractivity contribution in [2.75, 3.05) is 4.90 Å². The highest BCUT2D eigenvalue weighted by molar-refractivity contribution is 8.34. The molecule has 6 aromatic carbocycles. The number of nitrogens with zero attached hydrogens (tertiary/aromatic N) is 3. The van der Waals surface area contributed by atoms with Gasteiger partial charge in [0, 0.05) is 30.7 Å². The first-order valence-electron chi connectivity index (χ1n) is 14.2. The van der Waals surface area contributed by atoms with E-state index >= 15 is 0 Å². The van der Waals surface area contributed by atoms with Crippen molar-refractivity contribution in [3.8, 4) is 12.1 Å². The van der Waals surface area contributed by atoms with E-state index in [9.17, 15) is 15.3 Å². The Morgan fingerprint density at radius 1 is 0.523 bits per heavy atom. The summed E-state index contributed by atoms with van der Waals surface area (Å²) in [5.74, 6) is -0.235. The molecule has 4 nitrogen and oxygen atoms in total. The number of anilines is 3. The topological polar surface area (TPSA) is 67.9 Å². The smallest absolute Gasteiger partial charge is 0.193 e. The number of para-hydroxylation sites is 2. The van der Waals surface area contributed by atoms with Crippen LogP contribution < -0.4 is 4.90 Å². The van der Waals surface area contributed by atoms with Crippen molar-refractivity contribution in [2.45, 2.75) is 19.6 Å². The highest BCUT2D eigenvalue weighted by atomic mass is 32.3. The normalized spacial score (nSPS) is 13.5. The fourth-order valence-electron chi connectivity index (χ4n) is 6.12. The number of nitriles is 2. The Labute approximate surface area is 258 Å². The standard InChI is InChI=1S/C39H25N3OS/c40-26-30-24-29(39(43)28-14-4-1-5-15-28)25-31(27-41)38(30)42-34-20-10-12-22-36(34)44(32-16-6-2-7-17-32,33-18-8-3-9-19-33)37-23-13-11-21-35(37)42/h1-25H. The summed E-state index contributed by atoms with van der Waals surface area (Å²) in [4.78, 5) is 20.1. The van der Waals surface area contributed by atoms with Crippen molar-refractivity contribution >= 4 is 32.9 Å². The molecule has 1 heterocycles. The molecule has 0 aliphatic carbocycles. The van der Waals surface area contributed by atoms with Crippen LogP contribution in [0.3, 0.4) is 0 Å². The molecular weight excluding hydrogens is 559 g/mol. The number of ketones is 1. The zero-order valence-corrected chi connectivity index (χ0v) is 24.4. The Bertz CT molecular complexity index is 1990. The van der Waals surface area contributed by atoms with Gasteiger partial charge < -0.3 is 4.90 Å². The van der Waals surface area contributed by atoms with Gasteiger partial charge in [-0.2, -0.15) is 10.5 Å². The summed E-state index contributed by atoms with van der Waals surface area (Å²) in [7, 11) is -1.97. The molecule has 1 aliphatic heterocycles. The zero-order valence-electron chi connectivity index (χ0n) is 23.6. The molecule has 0 aromatic heterocycles. The molecule has 0 fully saturated rings. The fourth-order valence-corrected chi connectivity index (χ4v) is 10.3. The number of benzene rings is 6. The number of rotatable bonds is 5. The van der Waals surface area contributed by atoms with Crippen molar-refractivity contribution in [1.29, 1.82) is 10.5 Å². The van der Waals surface area contributed by atoms with E-state index in [1.807, 2.05) is 35.2 Å². The lowest BCUT2D eigenvalue weighted by molar-refractivity contribution is 0.103. The molecule has 1 aliphatic rings. The van der Waals surface area contributed by atoms with E-state index in [2.05, 4.69) is 97.1 Å². The lowest BCUT2D eigenvalue weighted by Gasteiger charge is -2.50. The lowest BCUT2D eigenvalue weighted by Crippen LogP contribution is -2.23. The van der Waals surface area contributed by atoms with E-state index in [0.29, 0.717) is 16.8 Å². The molecule has 44 heavy (non-hydrogen) atoms. The van der Waals surface area contributed by atoms with E-state index in [1.165, 1.54) is 9.79 Å². The molecule has 0 radical (unpaired) electrons. The van der Waals surface area contributed by atoms with Crippen LogP contribution in [0.4, 0.5) is 17.1 Å². The molecular formula is C39H25N3OS. The fraction of sp³-hybridized carbons (Fsp3) is 0. The van der Waals surface area contributed by atoms with Gasteiger partial charge >= 0.3 is 0 Å². The third kappa shape index (κ3) is 4.11. The van der Waals surface area contributed by atoms with E-state index in [4.69, 9.17) is 0 Å². The van der Waals surface area contributed by atoms with E-state index in [-0.39, 0.29) is 16.9 Å². The molecule has 0 unspecified atom stereocenters. The second-order valence-electron chi connectivity index (χ2n) is 10.3. The predicted octanol–water partition coefficient (Wildman–Crippen LogP) is 9.78. The first kappa shape index (κ1) is 27.0. The molecule has 5 heteroatoms. The first-order chi connectivity index (χ1) is 21.7. The highest BCUT2D eigenvalue weighted by Crippen LogP contribution is 2.79. The van der Waals surface area contributed by atoms with Crippen LogP contribution in [0.15, 0.2) is 171 Å². The third-order valence-electron chi connectivity index (χ3n) is 7.94. The Morgan fingerprint density at radius 3 is 1.39 bits per heavy atom. The van der Waals surface area contributed by atoms with Crippen molar-refractivity contribution in [3.63, 3.8) is 0 Å². The van der Waals surface area contributed by atoms with Crippen LogP contribution in [0.2, 0.25) is 0 Å². The summed E-state index contributed by atoms with van der Waals surface area (Å²) in [6.07, 6.45) is 0. The largest absolute Gasteiger partial charge is 0.306 e. The number of fused-ring (bicyclic) bond motifs is 2. The minimum Gasteiger partial charge on any atom is -0.306 e. The van der Waals surface area contributed by atoms with Crippen LogP contribution in [-0.2, 0) is 0 Å². The van der Waals surface area contributed by atoms with Crippen LogP contribution in [0.1, 0.15) is 27.0 Å². The molecule has 0 bridgehead atoms. The molecule has 6 aromatic rings. The molecule has 0 saturated carbocycles. The number of hydrogen-bond donors (Lipinski definition) is 0. The van der Waals surface area contributed by atoms with Crippen molar-refractivity contribution < 1.29 is 4.79 Å². The first-order valence-corrected chi connectivity index (χ1v) is 15.8. The highest BCUT2D eigenvalue weighted by Gasteiger charge is 2.43. The summed E-state index contributed by atoms with van der Waals surface area (Å²) in [6.45, 7) is 0. The zero-order chi connectivity index (χ0) is 30.1. The predicted molar refractivity (Wildman–Crippen MR) is 174 cm³/mol. The van der Waals surface area contributed by atoms with Gasteiger partial charge in [-0.3, -0.25) is 4.79 Å². The molecule has 7 rings (SSSR count). The lowest BCUT2D eigenvalue weighted by atomic mass is 9.96. The average Bonchev–Trinajstić information content (AvgIpc) is 3.11. The molecule has 0 amide bonds. The Balaban J connectivity index is 1.55. The van der Waals surface area contributed by atoms with E-state index < -0.39 is 10.0 Å². The summed E-state index contributed by atoms with van der Waals surface area (Å²) < 4.78 is 0. The van der Waals surface area contributed by atoms with E-state index in [1.54, 1.807) is 36.4 Å². The summed E-state index contributed by atoms with van der Waals surface area (Å²) in [6, 6.07) is 54.5. The maximum atomic E-state index is 13.4.